The molecule has 0 radical (unpaired) electrons. The summed E-state index contributed by atoms with van der Waals surface area (Å²) in [7, 11) is 0. The minimum absolute atomic E-state index is 0.0183. The van der Waals surface area contributed by atoms with Crippen LogP contribution in [0, 0.1) is 5.92 Å². The molecule has 5 nitrogen and oxygen atoms in total. The molecular weight excluding hydrogens is 274 g/mol. The van der Waals surface area contributed by atoms with Gasteiger partial charge in [-0.3, -0.25) is 9.69 Å². The predicted molar refractivity (Wildman–Crippen MR) is 84.7 cm³/mol. The average molecular weight is 301 g/mol. The second-order valence-electron chi connectivity index (χ2n) is 5.50. The van der Waals surface area contributed by atoms with Gasteiger partial charge in [0.1, 0.15) is 0 Å². The van der Waals surface area contributed by atoms with E-state index in [1.165, 1.54) is 0 Å². The van der Waals surface area contributed by atoms with E-state index in [1.54, 1.807) is 0 Å². The van der Waals surface area contributed by atoms with E-state index in [4.69, 9.17) is 22.7 Å². The van der Waals surface area contributed by atoms with Gasteiger partial charge in [0, 0.05) is 45.1 Å². The van der Waals surface area contributed by atoms with Gasteiger partial charge in [-0.2, -0.15) is 0 Å². The molecule has 20 heavy (non-hydrogen) atoms. The summed E-state index contributed by atoms with van der Waals surface area (Å²) in [4.78, 5) is 16.9. The molecule has 0 unspecified atom stereocenters. The third-order valence-corrected chi connectivity index (χ3v) is 3.64. The summed E-state index contributed by atoms with van der Waals surface area (Å²) >= 11 is 4.90. The number of thiocarbonyl (C=S) groups is 1. The van der Waals surface area contributed by atoms with Crippen LogP contribution in [0.4, 0.5) is 0 Å². The van der Waals surface area contributed by atoms with Crippen LogP contribution in [0.3, 0.4) is 0 Å². The van der Waals surface area contributed by atoms with Crippen LogP contribution in [-0.2, 0) is 9.53 Å². The highest BCUT2D eigenvalue weighted by Gasteiger charge is 2.17. The lowest BCUT2D eigenvalue weighted by molar-refractivity contribution is -0.134. The fourth-order valence-corrected chi connectivity index (χ4v) is 2.34. The number of nitrogens with zero attached hydrogens (tertiary/aromatic N) is 2. The van der Waals surface area contributed by atoms with Crippen molar-refractivity contribution in [3.8, 4) is 0 Å². The fourth-order valence-electron chi connectivity index (χ4n) is 2.25. The molecule has 1 fully saturated rings. The van der Waals surface area contributed by atoms with Crippen LogP contribution in [-0.4, -0.2) is 66.6 Å². The van der Waals surface area contributed by atoms with Crippen molar-refractivity contribution in [3.63, 3.8) is 0 Å². The van der Waals surface area contributed by atoms with Gasteiger partial charge in [-0.15, -0.1) is 0 Å². The highest BCUT2D eigenvalue weighted by atomic mass is 32.1. The molecule has 0 bridgehead atoms. The molecule has 0 aromatic carbocycles. The third-order valence-electron chi connectivity index (χ3n) is 3.44. The zero-order valence-electron chi connectivity index (χ0n) is 12.6. The largest absolute Gasteiger partial charge is 0.393 e. The number of hydrogen-bond donors (Lipinski definition) is 1. The van der Waals surface area contributed by atoms with Crippen LogP contribution in [0.5, 0.6) is 0 Å². The number of ether oxygens (including phenoxy) is 1. The van der Waals surface area contributed by atoms with Crippen molar-refractivity contribution in [1.29, 1.82) is 0 Å². The normalized spacial score (nSPS) is 16.4. The van der Waals surface area contributed by atoms with Crippen LogP contribution in [0.1, 0.15) is 26.7 Å². The predicted octanol–water partition coefficient (Wildman–Crippen LogP) is 0.870. The molecular formula is C14H27N3O2S. The molecule has 0 spiro atoms. The van der Waals surface area contributed by atoms with Crippen molar-refractivity contribution in [2.45, 2.75) is 26.7 Å². The zero-order valence-corrected chi connectivity index (χ0v) is 13.5. The number of carbonyl (C=O) groups is 1. The lowest BCUT2D eigenvalue weighted by atomic mass is 10.1. The van der Waals surface area contributed by atoms with Gasteiger partial charge in [0.15, 0.2) is 0 Å². The maximum atomic E-state index is 12.1. The molecule has 116 valence electrons. The molecule has 0 aromatic heterocycles. The van der Waals surface area contributed by atoms with Gasteiger partial charge < -0.3 is 15.4 Å². The topological polar surface area (TPSA) is 58.8 Å². The van der Waals surface area contributed by atoms with Crippen LogP contribution in [0.2, 0.25) is 0 Å². The summed E-state index contributed by atoms with van der Waals surface area (Å²) in [5.74, 6) is 0.202. The summed E-state index contributed by atoms with van der Waals surface area (Å²) in [6.45, 7) is 9.89. The van der Waals surface area contributed by atoms with Gasteiger partial charge in [0.25, 0.3) is 0 Å². The Morgan fingerprint density at radius 2 is 2.00 bits per heavy atom. The van der Waals surface area contributed by atoms with Gasteiger partial charge in [0.05, 0.1) is 18.2 Å². The van der Waals surface area contributed by atoms with Crippen molar-refractivity contribution in [2.75, 3.05) is 45.9 Å². The first kappa shape index (κ1) is 17.3. The lowest BCUT2D eigenvalue weighted by Crippen LogP contribution is -2.40. The monoisotopic (exact) mass is 301 g/mol. The van der Waals surface area contributed by atoms with Gasteiger partial charge in [-0.25, -0.2) is 0 Å². The summed E-state index contributed by atoms with van der Waals surface area (Å²) in [6.07, 6.45) is 1.58. The number of morpholine rings is 1. The average Bonchev–Trinajstić information content (AvgIpc) is 2.42. The Labute approximate surface area is 127 Å². The van der Waals surface area contributed by atoms with Crippen LogP contribution in [0.15, 0.2) is 0 Å². The Hall–Kier alpha value is -0.720. The summed E-state index contributed by atoms with van der Waals surface area (Å²) in [6, 6.07) is 0. The maximum Gasteiger partial charge on any atom is 0.225 e. The van der Waals surface area contributed by atoms with Crippen molar-refractivity contribution < 1.29 is 9.53 Å². The lowest BCUT2D eigenvalue weighted by Gasteiger charge is -2.29. The molecule has 1 aliphatic heterocycles. The Bertz CT molecular complexity index is 318. The van der Waals surface area contributed by atoms with Gasteiger partial charge >= 0.3 is 0 Å². The highest BCUT2D eigenvalue weighted by Crippen LogP contribution is 2.05. The Morgan fingerprint density at radius 1 is 1.35 bits per heavy atom. The minimum Gasteiger partial charge on any atom is -0.393 e. The number of amides is 1. The molecule has 0 aromatic rings. The second-order valence-corrected chi connectivity index (χ2v) is 6.03. The van der Waals surface area contributed by atoms with E-state index in [-0.39, 0.29) is 11.8 Å². The van der Waals surface area contributed by atoms with E-state index in [0.717, 1.165) is 45.8 Å². The summed E-state index contributed by atoms with van der Waals surface area (Å²) < 4.78 is 5.33. The smallest absolute Gasteiger partial charge is 0.225 e. The van der Waals surface area contributed by atoms with Gasteiger partial charge in [-0.05, 0) is 6.42 Å². The molecule has 1 aliphatic rings. The first-order chi connectivity index (χ1) is 9.50. The number of hydrogen-bond acceptors (Lipinski definition) is 4. The molecule has 1 heterocycles. The van der Waals surface area contributed by atoms with E-state index in [2.05, 4.69) is 4.90 Å². The Kier molecular flexibility index (Phi) is 8.02. The van der Waals surface area contributed by atoms with E-state index in [1.807, 2.05) is 18.7 Å². The van der Waals surface area contributed by atoms with Crippen molar-refractivity contribution in [2.24, 2.45) is 11.7 Å². The zero-order chi connectivity index (χ0) is 15.0. The van der Waals surface area contributed by atoms with E-state index >= 15 is 0 Å². The minimum atomic E-state index is 0.0183. The molecule has 0 aliphatic carbocycles. The molecule has 6 heteroatoms. The third kappa shape index (κ3) is 6.63. The van der Waals surface area contributed by atoms with Crippen molar-refractivity contribution in [3.05, 3.63) is 0 Å². The van der Waals surface area contributed by atoms with E-state index < -0.39 is 0 Å². The van der Waals surface area contributed by atoms with Gasteiger partial charge in [0.2, 0.25) is 5.91 Å². The molecule has 1 amide bonds. The summed E-state index contributed by atoms with van der Waals surface area (Å²) in [5.41, 5.74) is 5.53. The van der Waals surface area contributed by atoms with Crippen LogP contribution >= 0.6 is 12.2 Å². The van der Waals surface area contributed by atoms with Crippen LogP contribution < -0.4 is 5.73 Å². The highest BCUT2D eigenvalue weighted by molar-refractivity contribution is 7.80. The molecule has 1 rings (SSSR count). The number of carbonyl (C=O) groups excluding carboxylic acids is 1. The quantitative estimate of drug-likeness (QED) is 0.674. The fraction of sp³-hybridized carbons (Fsp3) is 0.857. The molecule has 1 saturated heterocycles. The van der Waals surface area contributed by atoms with Gasteiger partial charge in [-0.1, -0.05) is 26.1 Å². The van der Waals surface area contributed by atoms with Crippen LogP contribution in [0.25, 0.3) is 0 Å². The van der Waals surface area contributed by atoms with E-state index in [0.29, 0.717) is 18.0 Å². The van der Waals surface area contributed by atoms with Crippen molar-refractivity contribution in [1.82, 2.24) is 9.80 Å². The first-order valence-electron chi connectivity index (χ1n) is 7.38. The standard InChI is InChI=1S/C14H27N3O2S/c1-12(2)14(18)17(7-4-13(15)20)6-3-5-16-8-10-19-11-9-16/h12H,3-11H2,1-2H3,(H2,15,20). The molecule has 0 saturated carbocycles. The second kappa shape index (κ2) is 9.26. The maximum absolute atomic E-state index is 12.1. The molecule has 0 atom stereocenters. The first-order valence-corrected chi connectivity index (χ1v) is 7.78. The molecule has 2 N–H and O–H groups in total. The van der Waals surface area contributed by atoms with E-state index in [9.17, 15) is 4.79 Å². The Balaban J connectivity index is 2.34. The van der Waals surface area contributed by atoms with Crippen molar-refractivity contribution >= 4 is 23.1 Å². The Morgan fingerprint density at radius 3 is 2.55 bits per heavy atom. The SMILES string of the molecule is CC(C)C(=O)N(CCCN1CCOCC1)CCC(N)=S. The number of nitrogens with two attached hydrogens (primary N) is 1. The number of rotatable bonds is 8. The summed E-state index contributed by atoms with van der Waals surface area (Å²) in [5, 5.41) is 0.